The number of thiol groups is 1. The molecule has 1 aromatic rings. The zero-order chi connectivity index (χ0) is 11.1. The molecular formula is C10H15BrO2S. The lowest BCUT2D eigenvalue weighted by Gasteiger charge is -2.08. The van der Waals surface area contributed by atoms with Crippen LogP contribution in [0, 0.1) is 0 Å². The van der Waals surface area contributed by atoms with Crippen molar-refractivity contribution in [2.45, 2.75) is 18.7 Å². The van der Waals surface area contributed by atoms with Gasteiger partial charge in [0.2, 0.25) is 0 Å². The van der Waals surface area contributed by atoms with Crippen LogP contribution in [0.25, 0.3) is 0 Å². The average molecular weight is 279 g/mol. The largest absolute Gasteiger partial charge is 0.495 e. The van der Waals surface area contributed by atoms with Crippen molar-refractivity contribution in [1.29, 1.82) is 0 Å². The van der Waals surface area contributed by atoms with E-state index in [4.69, 9.17) is 9.47 Å². The van der Waals surface area contributed by atoms with E-state index >= 15 is 0 Å². The number of ether oxygens (including phenoxy) is 2. The van der Waals surface area contributed by atoms with Gasteiger partial charge in [-0.1, -0.05) is 13.8 Å². The summed E-state index contributed by atoms with van der Waals surface area (Å²) in [6.07, 6.45) is 0. The second-order valence-corrected chi connectivity index (χ2v) is 3.47. The molecule has 1 rings (SSSR count). The van der Waals surface area contributed by atoms with E-state index < -0.39 is 0 Å². The summed E-state index contributed by atoms with van der Waals surface area (Å²) in [5.74, 6) is 1.44. The molecule has 0 spiro atoms. The van der Waals surface area contributed by atoms with Gasteiger partial charge in [0.1, 0.15) is 16.0 Å². The van der Waals surface area contributed by atoms with Crippen LogP contribution in [-0.4, -0.2) is 14.2 Å². The van der Waals surface area contributed by atoms with Gasteiger partial charge >= 0.3 is 0 Å². The van der Waals surface area contributed by atoms with Crippen LogP contribution in [0.4, 0.5) is 0 Å². The van der Waals surface area contributed by atoms with Gasteiger partial charge in [-0.3, -0.25) is 0 Å². The molecule has 0 saturated carbocycles. The van der Waals surface area contributed by atoms with Crippen molar-refractivity contribution < 1.29 is 9.47 Å². The highest BCUT2D eigenvalue weighted by molar-refractivity contribution is 9.10. The summed E-state index contributed by atoms with van der Waals surface area (Å²) >= 11 is 7.55. The van der Waals surface area contributed by atoms with Crippen molar-refractivity contribution in [2.75, 3.05) is 14.2 Å². The highest BCUT2D eigenvalue weighted by Gasteiger charge is 2.07. The van der Waals surface area contributed by atoms with E-state index in [1.165, 1.54) is 0 Å². The molecule has 80 valence electrons. The molecule has 1 aromatic carbocycles. The van der Waals surface area contributed by atoms with E-state index in [9.17, 15) is 0 Å². The Morgan fingerprint density at radius 1 is 1.07 bits per heavy atom. The molecule has 14 heavy (non-hydrogen) atoms. The van der Waals surface area contributed by atoms with Crippen molar-refractivity contribution >= 4 is 28.6 Å². The summed E-state index contributed by atoms with van der Waals surface area (Å²) in [6.45, 7) is 4.00. The van der Waals surface area contributed by atoms with Crippen LogP contribution in [-0.2, 0) is 0 Å². The van der Waals surface area contributed by atoms with Gasteiger partial charge < -0.3 is 9.47 Å². The molecule has 0 aromatic heterocycles. The van der Waals surface area contributed by atoms with Crippen LogP contribution < -0.4 is 9.47 Å². The monoisotopic (exact) mass is 278 g/mol. The number of rotatable bonds is 2. The van der Waals surface area contributed by atoms with Crippen molar-refractivity contribution in [1.82, 2.24) is 0 Å². The molecule has 0 N–H and O–H groups in total. The molecule has 4 heteroatoms. The number of hydrogen-bond acceptors (Lipinski definition) is 3. The summed E-state index contributed by atoms with van der Waals surface area (Å²) in [5.41, 5.74) is 0. The van der Waals surface area contributed by atoms with Crippen molar-refractivity contribution in [3.05, 3.63) is 16.6 Å². The lowest BCUT2D eigenvalue weighted by molar-refractivity contribution is 0.387. The fourth-order valence-corrected chi connectivity index (χ4v) is 1.64. The van der Waals surface area contributed by atoms with Crippen LogP contribution in [0.5, 0.6) is 11.5 Å². The second-order valence-electron chi connectivity index (χ2n) is 2.16. The van der Waals surface area contributed by atoms with Gasteiger partial charge in [-0.2, -0.15) is 0 Å². The summed E-state index contributed by atoms with van der Waals surface area (Å²) in [7, 11) is 3.21. The average Bonchev–Trinajstić information content (AvgIpc) is 2.23. The smallest absolute Gasteiger partial charge is 0.137 e. The minimum Gasteiger partial charge on any atom is -0.495 e. The molecule has 0 bridgehead atoms. The Balaban J connectivity index is 0.000000791. The maximum absolute atomic E-state index is 5.09. The third-order valence-electron chi connectivity index (χ3n) is 1.43. The third-order valence-corrected chi connectivity index (χ3v) is 2.47. The minimum atomic E-state index is 0.722. The van der Waals surface area contributed by atoms with Gasteiger partial charge in [0, 0.05) is 4.90 Å². The maximum Gasteiger partial charge on any atom is 0.137 e. The summed E-state index contributed by atoms with van der Waals surface area (Å²) in [4.78, 5) is 0.812. The highest BCUT2D eigenvalue weighted by atomic mass is 79.9. The molecule has 0 heterocycles. The Morgan fingerprint density at radius 3 is 1.71 bits per heavy atom. The zero-order valence-corrected chi connectivity index (χ0v) is 11.3. The standard InChI is InChI=1S/C8H9BrO2S.C2H6/c1-10-6-3-5(12)4-7(11-2)8(6)9;1-2/h3-4,12H,1-2H3;1-2H3. The summed E-state index contributed by atoms with van der Waals surface area (Å²) in [5, 5.41) is 0. The minimum absolute atomic E-state index is 0.722. The van der Waals surface area contributed by atoms with Crippen molar-refractivity contribution in [3.8, 4) is 11.5 Å². The fourth-order valence-electron chi connectivity index (χ4n) is 0.856. The number of halogens is 1. The number of benzene rings is 1. The Morgan fingerprint density at radius 2 is 1.43 bits per heavy atom. The quantitative estimate of drug-likeness (QED) is 0.830. The molecule has 0 aliphatic rings. The first-order valence-electron chi connectivity index (χ1n) is 4.29. The van der Waals surface area contributed by atoms with E-state index in [0.29, 0.717) is 0 Å². The first-order valence-corrected chi connectivity index (χ1v) is 5.53. The van der Waals surface area contributed by atoms with E-state index in [2.05, 4.69) is 28.6 Å². The first-order chi connectivity index (χ1) is 6.69. The predicted molar refractivity (Wildman–Crippen MR) is 65.8 cm³/mol. The van der Waals surface area contributed by atoms with Gasteiger partial charge in [-0.05, 0) is 28.1 Å². The van der Waals surface area contributed by atoms with Crippen molar-refractivity contribution in [2.24, 2.45) is 0 Å². The van der Waals surface area contributed by atoms with Gasteiger partial charge in [-0.25, -0.2) is 0 Å². The highest BCUT2D eigenvalue weighted by Crippen LogP contribution is 2.36. The zero-order valence-electron chi connectivity index (χ0n) is 8.80. The lowest BCUT2D eigenvalue weighted by atomic mass is 10.3. The molecule has 0 fully saturated rings. The van der Waals surface area contributed by atoms with Crippen LogP contribution >= 0.6 is 28.6 Å². The molecule has 0 atom stereocenters. The molecule has 0 saturated heterocycles. The van der Waals surface area contributed by atoms with E-state index in [1.54, 1.807) is 14.2 Å². The van der Waals surface area contributed by atoms with Crippen LogP contribution in [0.15, 0.2) is 21.5 Å². The Labute approximate surface area is 99.1 Å². The topological polar surface area (TPSA) is 18.5 Å². The normalized spacial score (nSPS) is 8.71. The maximum atomic E-state index is 5.09. The van der Waals surface area contributed by atoms with E-state index in [1.807, 2.05) is 26.0 Å². The molecule has 0 unspecified atom stereocenters. The molecule has 0 aliphatic heterocycles. The Hall–Kier alpha value is -0.350. The molecule has 0 amide bonds. The van der Waals surface area contributed by atoms with Crippen LogP contribution in [0.1, 0.15) is 13.8 Å². The van der Waals surface area contributed by atoms with E-state index in [-0.39, 0.29) is 0 Å². The van der Waals surface area contributed by atoms with Gasteiger partial charge in [0.15, 0.2) is 0 Å². The molecule has 2 nitrogen and oxygen atoms in total. The first kappa shape index (κ1) is 13.7. The van der Waals surface area contributed by atoms with Crippen LogP contribution in [0.2, 0.25) is 0 Å². The third kappa shape index (κ3) is 3.42. The Kier molecular flexibility index (Phi) is 6.83. The van der Waals surface area contributed by atoms with E-state index in [0.717, 1.165) is 20.9 Å². The number of hydrogen-bond donors (Lipinski definition) is 1. The molecule has 0 radical (unpaired) electrons. The SMILES string of the molecule is CC.COc1cc(S)cc(OC)c1Br. The predicted octanol–water partition coefficient (Wildman–Crippen LogP) is 3.78. The Bertz CT molecular complexity index is 264. The van der Waals surface area contributed by atoms with Gasteiger partial charge in [-0.15, -0.1) is 12.6 Å². The summed E-state index contributed by atoms with van der Waals surface area (Å²) in [6, 6.07) is 3.63. The number of methoxy groups -OCH3 is 2. The lowest BCUT2D eigenvalue weighted by Crippen LogP contribution is -1.89. The van der Waals surface area contributed by atoms with Crippen molar-refractivity contribution in [3.63, 3.8) is 0 Å². The van der Waals surface area contributed by atoms with Gasteiger partial charge in [0.25, 0.3) is 0 Å². The molecule has 0 aliphatic carbocycles. The van der Waals surface area contributed by atoms with Crippen LogP contribution in [0.3, 0.4) is 0 Å². The fraction of sp³-hybridized carbons (Fsp3) is 0.400. The van der Waals surface area contributed by atoms with Gasteiger partial charge in [0.05, 0.1) is 14.2 Å². The second kappa shape index (κ2) is 7.01. The summed E-state index contributed by atoms with van der Waals surface area (Å²) < 4.78 is 11.0. The molecular weight excluding hydrogens is 264 g/mol.